The van der Waals surface area contributed by atoms with Crippen LogP contribution in [-0.4, -0.2) is 27.7 Å². The summed E-state index contributed by atoms with van der Waals surface area (Å²) in [7, 11) is 0. The lowest BCUT2D eigenvalue weighted by molar-refractivity contribution is -0.386. The number of phenols is 1. The van der Waals surface area contributed by atoms with E-state index in [2.05, 4.69) is 0 Å². The summed E-state index contributed by atoms with van der Waals surface area (Å²) < 4.78 is 26.6. The first-order valence-corrected chi connectivity index (χ1v) is 4.93. The van der Waals surface area contributed by atoms with Gasteiger partial charge in [-0.3, -0.25) is 10.1 Å². The predicted octanol–water partition coefficient (Wildman–Crippen LogP) is 1.24. The number of rotatable bonds is 4. The normalized spacial score (nSPS) is 13.4. The summed E-state index contributed by atoms with van der Waals surface area (Å²) in [6.45, 7) is -0.176. The number of aryl methyl sites for hydroxylation is 1. The van der Waals surface area contributed by atoms with Crippen LogP contribution in [0.2, 0.25) is 0 Å². The summed E-state index contributed by atoms with van der Waals surface area (Å²) in [5.74, 6) is -4.43. The summed E-state index contributed by atoms with van der Waals surface area (Å²) >= 11 is 0. The van der Waals surface area contributed by atoms with E-state index in [0.29, 0.717) is 0 Å². The summed E-state index contributed by atoms with van der Waals surface area (Å²) in [6, 6.07) is 0.0427. The maximum absolute atomic E-state index is 13.3. The van der Waals surface area contributed by atoms with Crippen LogP contribution in [0.15, 0.2) is 12.1 Å². The first-order chi connectivity index (χ1) is 8.22. The number of nitrogens with zero attached hydrogens (tertiary/aromatic N) is 1. The Morgan fingerprint density at radius 3 is 2.56 bits per heavy atom. The van der Waals surface area contributed by atoms with Crippen molar-refractivity contribution in [3.8, 4) is 5.75 Å². The van der Waals surface area contributed by atoms with Gasteiger partial charge in [-0.05, 0) is 18.6 Å². The Labute approximate surface area is 101 Å². The molecule has 0 spiro atoms. The van der Waals surface area contributed by atoms with Crippen molar-refractivity contribution in [2.24, 2.45) is 5.73 Å². The molecule has 100 valence electrons. The second-order valence-corrected chi connectivity index (χ2v) is 3.82. The van der Waals surface area contributed by atoms with Crippen LogP contribution in [0.4, 0.5) is 14.5 Å². The fourth-order valence-corrected chi connectivity index (χ4v) is 1.48. The third-order valence-electron chi connectivity index (χ3n) is 2.57. The number of aliphatic hydroxyl groups is 1. The van der Waals surface area contributed by atoms with Crippen molar-refractivity contribution >= 4 is 5.69 Å². The van der Waals surface area contributed by atoms with Crippen molar-refractivity contribution in [1.82, 2.24) is 0 Å². The Hall–Kier alpha value is -1.80. The highest BCUT2D eigenvalue weighted by Gasteiger charge is 2.42. The monoisotopic (exact) mass is 262 g/mol. The zero-order chi connectivity index (χ0) is 14.1. The molecule has 6 nitrogen and oxygen atoms in total. The van der Waals surface area contributed by atoms with E-state index in [1.807, 2.05) is 0 Å². The molecule has 0 saturated carbocycles. The molecule has 0 aromatic heterocycles. The number of halogens is 2. The van der Waals surface area contributed by atoms with Crippen molar-refractivity contribution in [2.45, 2.75) is 18.9 Å². The summed E-state index contributed by atoms with van der Waals surface area (Å²) in [5.41, 5.74) is 4.01. The molecule has 1 aromatic rings. The summed E-state index contributed by atoms with van der Waals surface area (Å²) in [5, 5.41) is 28.9. The molecule has 0 unspecified atom stereocenters. The Bertz CT molecular complexity index is 479. The number of aliphatic hydroxyl groups excluding tert-OH is 1. The molecule has 4 N–H and O–H groups in total. The Morgan fingerprint density at radius 1 is 1.56 bits per heavy atom. The number of nitro benzene ring substituents is 1. The maximum atomic E-state index is 13.3. The summed E-state index contributed by atoms with van der Waals surface area (Å²) in [6.07, 6.45) is 0. The number of nitrogens with two attached hydrogens (primary N) is 1. The van der Waals surface area contributed by atoms with Crippen molar-refractivity contribution < 1.29 is 23.9 Å². The second-order valence-electron chi connectivity index (χ2n) is 3.82. The van der Waals surface area contributed by atoms with Crippen LogP contribution in [0.3, 0.4) is 0 Å². The molecule has 0 aliphatic carbocycles. The van der Waals surface area contributed by atoms with Gasteiger partial charge in [0, 0.05) is 6.07 Å². The second kappa shape index (κ2) is 4.83. The molecule has 1 rings (SSSR count). The third kappa shape index (κ3) is 2.39. The van der Waals surface area contributed by atoms with E-state index in [0.717, 1.165) is 6.07 Å². The van der Waals surface area contributed by atoms with Crippen LogP contribution >= 0.6 is 0 Å². The van der Waals surface area contributed by atoms with Crippen molar-refractivity contribution in [2.75, 3.05) is 6.61 Å². The smallest absolute Gasteiger partial charge is 0.289 e. The number of alkyl halides is 2. The van der Waals surface area contributed by atoms with Gasteiger partial charge >= 0.3 is 0 Å². The zero-order valence-corrected chi connectivity index (χ0v) is 9.43. The Balaban J connectivity index is 3.46. The molecule has 0 amide bonds. The molecule has 8 heteroatoms. The zero-order valence-electron chi connectivity index (χ0n) is 9.43. The van der Waals surface area contributed by atoms with Gasteiger partial charge < -0.3 is 15.9 Å². The lowest BCUT2D eigenvalue weighted by Gasteiger charge is -2.22. The van der Waals surface area contributed by atoms with E-state index in [1.54, 1.807) is 0 Å². The van der Waals surface area contributed by atoms with Gasteiger partial charge in [-0.25, -0.2) is 8.78 Å². The Kier molecular flexibility index (Phi) is 3.82. The number of hydrogen-bond acceptors (Lipinski definition) is 5. The molecule has 0 aliphatic rings. The molecular formula is C10H12F2N2O4. The predicted molar refractivity (Wildman–Crippen MR) is 58.5 cm³/mol. The van der Waals surface area contributed by atoms with Crippen molar-refractivity contribution in [1.29, 1.82) is 0 Å². The van der Waals surface area contributed by atoms with Crippen LogP contribution in [0.25, 0.3) is 0 Å². The van der Waals surface area contributed by atoms with Crippen molar-refractivity contribution in [3.05, 3.63) is 33.4 Å². The lowest BCUT2D eigenvalue weighted by atomic mass is 9.96. The van der Waals surface area contributed by atoms with E-state index in [4.69, 9.17) is 10.8 Å². The van der Waals surface area contributed by atoms with Gasteiger partial charge in [-0.15, -0.1) is 0 Å². The molecule has 1 aromatic carbocycles. The minimum atomic E-state index is -3.77. The molecule has 0 bridgehead atoms. The van der Waals surface area contributed by atoms with Crippen LogP contribution in [0, 0.1) is 17.0 Å². The maximum Gasteiger partial charge on any atom is 0.289 e. The fourth-order valence-electron chi connectivity index (χ4n) is 1.48. The van der Waals surface area contributed by atoms with Crippen LogP contribution in [0.5, 0.6) is 5.75 Å². The minimum Gasteiger partial charge on any atom is -0.507 e. The third-order valence-corrected chi connectivity index (χ3v) is 2.57. The largest absolute Gasteiger partial charge is 0.507 e. The molecule has 0 fully saturated rings. The Morgan fingerprint density at radius 2 is 2.11 bits per heavy atom. The number of nitro groups is 1. The highest BCUT2D eigenvalue weighted by Crippen LogP contribution is 2.40. The highest BCUT2D eigenvalue weighted by molar-refractivity contribution is 5.55. The molecule has 18 heavy (non-hydrogen) atoms. The molecule has 0 radical (unpaired) electrons. The van der Waals surface area contributed by atoms with Gasteiger partial charge in [0.15, 0.2) is 0 Å². The molecule has 0 saturated heterocycles. The van der Waals surface area contributed by atoms with E-state index in [9.17, 15) is 24.0 Å². The first kappa shape index (κ1) is 14.3. The SMILES string of the molecule is Cc1ccc([N+](=O)[O-])c([C@@H](N)C(F)(F)CO)c1O. The highest BCUT2D eigenvalue weighted by atomic mass is 19.3. The molecular weight excluding hydrogens is 250 g/mol. The van der Waals surface area contributed by atoms with Gasteiger partial charge in [0.1, 0.15) is 18.4 Å². The molecule has 0 aliphatic heterocycles. The number of hydrogen-bond donors (Lipinski definition) is 3. The fraction of sp³-hybridized carbons (Fsp3) is 0.400. The molecule has 0 heterocycles. The van der Waals surface area contributed by atoms with Crippen molar-refractivity contribution in [3.63, 3.8) is 0 Å². The van der Waals surface area contributed by atoms with Crippen LogP contribution in [0.1, 0.15) is 17.2 Å². The molecule has 1 atom stereocenters. The van der Waals surface area contributed by atoms with E-state index in [1.165, 1.54) is 13.0 Å². The lowest BCUT2D eigenvalue weighted by Crippen LogP contribution is -2.36. The number of phenolic OH excluding ortho intramolecular Hbond substituents is 1. The number of aromatic hydroxyl groups is 1. The van der Waals surface area contributed by atoms with Gasteiger partial charge in [-0.1, -0.05) is 0 Å². The van der Waals surface area contributed by atoms with Crippen LogP contribution < -0.4 is 5.73 Å². The van der Waals surface area contributed by atoms with Crippen LogP contribution in [-0.2, 0) is 0 Å². The quantitative estimate of drug-likeness (QED) is 0.558. The van der Waals surface area contributed by atoms with Gasteiger partial charge in [0.25, 0.3) is 11.6 Å². The summed E-state index contributed by atoms with van der Waals surface area (Å²) in [4.78, 5) is 9.82. The van der Waals surface area contributed by atoms with E-state index in [-0.39, 0.29) is 5.56 Å². The van der Waals surface area contributed by atoms with E-state index >= 15 is 0 Å². The standard InChI is InChI=1S/C10H12F2N2O4/c1-5-2-3-6(14(17)18)7(8(5)16)9(13)10(11,12)4-15/h2-3,9,15-16H,4,13H2,1H3/t9-/m1/s1. The first-order valence-electron chi connectivity index (χ1n) is 4.93. The topological polar surface area (TPSA) is 110 Å². The van der Waals surface area contributed by atoms with Gasteiger partial charge in [0.2, 0.25) is 0 Å². The average Bonchev–Trinajstić information content (AvgIpc) is 2.31. The average molecular weight is 262 g/mol. The van der Waals surface area contributed by atoms with Gasteiger partial charge in [0.05, 0.1) is 10.5 Å². The van der Waals surface area contributed by atoms with E-state index < -0.39 is 40.5 Å². The minimum absolute atomic E-state index is 0.180. The number of benzene rings is 1. The van der Waals surface area contributed by atoms with Gasteiger partial charge in [-0.2, -0.15) is 0 Å².